The van der Waals surface area contributed by atoms with E-state index in [1.54, 1.807) is 6.92 Å². The Morgan fingerprint density at radius 2 is 2.00 bits per heavy atom. The number of ether oxygens (including phenoxy) is 3. The van der Waals surface area contributed by atoms with Crippen LogP contribution < -0.4 is 0 Å². The summed E-state index contributed by atoms with van der Waals surface area (Å²) in [4.78, 5) is 21.8. The van der Waals surface area contributed by atoms with Gasteiger partial charge in [-0.15, -0.1) is 0 Å². The standard InChI is InChI=1S/C9H14O5/c1-5-13-8(10)6(2)7(3)14-9(11)12-4/h7H,2,5H2,1,3-4H3. The predicted octanol–water partition coefficient (Wildman–Crippen LogP) is 1.28. The average molecular weight is 202 g/mol. The van der Waals surface area contributed by atoms with E-state index in [-0.39, 0.29) is 12.2 Å². The zero-order valence-corrected chi connectivity index (χ0v) is 8.53. The van der Waals surface area contributed by atoms with Gasteiger partial charge in [0.1, 0.15) is 6.10 Å². The molecular weight excluding hydrogens is 188 g/mol. The fourth-order valence-electron chi connectivity index (χ4n) is 0.653. The minimum atomic E-state index is -0.858. The molecule has 0 aromatic carbocycles. The summed E-state index contributed by atoms with van der Waals surface area (Å²) in [5, 5.41) is 0. The quantitative estimate of drug-likeness (QED) is 0.507. The first-order valence-corrected chi connectivity index (χ1v) is 4.13. The van der Waals surface area contributed by atoms with Crippen molar-refractivity contribution in [3.05, 3.63) is 12.2 Å². The summed E-state index contributed by atoms with van der Waals surface area (Å²) in [7, 11) is 1.18. The van der Waals surface area contributed by atoms with E-state index in [0.717, 1.165) is 0 Å². The van der Waals surface area contributed by atoms with Gasteiger partial charge in [0.05, 0.1) is 19.3 Å². The summed E-state index contributed by atoms with van der Waals surface area (Å²) in [5.41, 5.74) is 0.0808. The summed E-state index contributed by atoms with van der Waals surface area (Å²) >= 11 is 0. The minimum absolute atomic E-state index is 0.0808. The number of rotatable bonds is 4. The van der Waals surface area contributed by atoms with Crippen molar-refractivity contribution < 1.29 is 23.8 Å². The number of methoxy groups -OCH3 is 1. The SMILES string of the molecule is C=C(C(=O)OCC)C(C)OC(=O)OC. The molecule has 0 N–H and O–H groups in total. The molecular formula is C9H14O5. The second-order valence-electron chi connectivity index (χ2n) is 2.46. The molecule has 1 atom stereocenters. The number of carbonyl (C=O) groups excluding carboxylic acids is 2. The molecule has 0 fully saturated rings. The highest BCUT2D eigenvalue weighted by Crippen LogP contribution is 2.07. The Balaban J connectivity index is 4.11. The van der Waals surface area contributed by atoms with E-state index in [1.165, 1.54) is 14.0 Å². The smallest absolute Gasteiger partial charge is 0.463 e. The second kappa shape index (κ2) is 6.01. The molecule has 0 saturated heterocycles. The summed E-state index contributed by atoms with van der Waals surface area (Å²) in [6.45, 7) is 6.89. The molecule has 0 heterocycles. The van der Waals surface area contributed by atoms with E-state index in [4.69, 9.17) is 0 Å². The molecule has 0 amide bonds. The van der Waals surface area contributed by atoms with E-state index >= 15 is 0 Å². The summed E-state index contributed by atoms with van der Waals surface area (Å²) in [6.07, 6.45) is -1.61. The topological polar surface area (TPSA) is 61.8 Å². The van der Waals surface area contributed by atoms with Crippen LogP contribution >= 0.6 is 0 Å². The molecule has 0 radical (unpaired) electrons. The van der Waals surface area contributed by atoms with Crippen molar-refractivity contribution in [1.82, 2.24) is 0 Å². The third-order valence-corrected chi connectivity index (χ3v) is 1.47. The van der Waals surface area contributed by atoms with E-state index < -0.39 is 18.2 Å². The zero-order valence-electron chi connectivity index (χ0n) is 8.53. The van der Waals surface area contributed by atoms with Crippen molar-refractivity contribution in [3.63, 3.8) is 0 Å². The number of carbonyl (C=O) groups is 2. The third kappa shape index (κ3) is 3.93. The summed E-state index contributed by atoms with van der Waals surface area (Å²) in [6, 6.07) is 0. The summed E-state index contributed by atoms with van der Waals surface area (Å²) in [5.74, 6) is -0.580. The predicted molar refractivity (Wildman–Crippen MR) is 48.7 cm³/mol. The third-order valence-electron chi connectivity index (χ3n) is 1.47. The van der Waals surface area contributed by atoms with Gasteiger partial charge in [-0.05, 0) is 13.8 Å². The Morgan fingerprint density at radius 3 is 2.43 bits per heavy atom. The van der Waals surface area contributed by atoms with Crippen LogP contribution in [0, 0.1) is 0 Å². The molecule has 5 nitrogen and oxygen atoms in total. The maximum Gasteiger partial charge on any atom is 0.508 e. The molecule has 0 saturated carbocycles. The van der Waals surface area contributed by atoms with Crippen molar-refractivity contribution in [3.8, 4) is 0 Å². The van der Waals surface area contributed by atoms with Crippen LogP contribution in [-0.2, 0) is 19.0 Å². The lowest BCUT2D eigenvalue weighted by Crippen LogP contribution is -2.22. The highest BCUT2D eigenvalue weighted by molar-refractivity contribution is 5.89. The highest BCUT2D eigenvalue weighted by Gasteiger charge is 2.19. The van der Waals surface area contributed by atoms with E-state index in [9.17, 15) is 9.59 Å². The van der Waals surface area contributed by atoms with Crippen molar-refractivity contribution in [2.75, 3.05) is 13.7 Å². The molecule has 80 valence electrons. The molecule has 0 aliphatic carbocycles. The van der Waals surface area contributed by atoms with Gasteiger partial charge in [0.2, 0.25) is 0 Å². The Kier molecular flexibility index (Phi) is 5.36. The van der Waals surface area contributed by atoms with Crippen LogP contribution in [0.15, 0.2) is 12.2 Å². The van der Waals surface area contributed by atoms with Gasteiger partial charge < -0.3 is 14.2 Å². The first-order chi connectivity index (χ1) is 6.52. The molecule has 5 heteroatoms. The molecule has 0 aliphatic heterocycles. The van der Waals surface area contributed by atoms with Crippen molar-refractivity contribution in [2.24, 2.45) is 0 Å². The van der Waals surface area contributed by atoms with Gasteiger partial charge in [-0.3, -0.25) is 0 Å². The van der Waals surface area contributed by atoms with Crippen molar-refractivity contribution in [1.29, 1.82) is 0 Å². The lowest BCUT2D eigenvalue weighted by Gasteiger charge is -2.13. The highest BCUT2D eigenvalue weighted by atomic mass is 16.7. The zero-order chi connectivity index (χ0) is 11.1. The molecule has 14 heavy (non-hydrogen) atoms. The lowest BCUT2D eigenvalue weighted by atomic mass is 10.2. The van der Waals surface area contributed by atoms with E-state index in [2.05, 4.69) is 20.8 Å². The molecule has 0 spiro atoms. The maximum atomic E-state index is 11.1. The first-order valence-electron chi connectivity index (χ1n) is 4.13. The Bertz CT molecular complexity index is 233. The van der Waals surface area contributed by atoms with Crippen molar-refractivity contribution >= 4 is 12.1 Å². The summed E-state index contributed by atoms with van der Waals surface area (Å²) < 4.78 is 13.6. The Morgan fingerprint density at radius 1 is 1.43 bits per heavy atom. The molecule has 0 bridgehead atoms. The maximum absolute atomic E-state index is 11.1. The number of hydrogen-bond acceptors (Lipinski definition) is 5. The van der Waals surface area contributed by atoms with Gasteiger partial charge in [-0.2, -0.15) is 0 Å². The average Bonchev–Trinajstić information content (AvgIpc) is 2.16. The minimum Gasteiger partial charge on any atom is -0.463 e. The molecule has 0 aromatic rings. The van der Waals surface area contributed by atoms with Gasteiger partial charge in [0, 0.05) is 0 Å². The van der Waals surface area contributed by atoms with Crippen molar-refractivity contribution in [2.45, 2.75) is 20.0 Å². The van der Waals surface area contributed by atoms with Gasteiger partial charge in [-0.1, -0.05) is 6.58 Å². The second-order valence-corrected chi connectivity index (χ2v) is 2.46. The van der Waals surface area contributed by atoms with Crippen LogP contribution in [0.25, 0.3) is 0 Å². The van der Waals surface area contributed by atoms with Gasteiger partial charge >= 0.3 is 12.1 Å². The van der Waals surface area contributed by atoms with Gasteiger partial charge in [0.15, 0.2) is 0 Å². The van der Waals surface area contributed by atoms with E-state index in [0.29, 0.717) is 0 Å². The Labute approximate surface area is 82.6 Å². The monoisotopic (exact) mass is 202 g/mol. The van der Waals surface area contributed by atoms with Crippen LogP contribution in [-0.4, -0.2) is 31.9 Å². The largest absolute Gasteiger partial charge is 0.508 e. The Hall–Kier alpha value is -1.52. The van der Waals surface area contributed by atoms with Gasteiger partial charge in [0.25, 0.3) is 0 Å². The number of esters is 1. The fourth-order valence-corrected chi connectivity index (χ4v) is 0.653. The number of hydrogen-bond donors (Lipinski definition) is 0. The molecule has 0 aliphatic rings. The van der Waals surface area contributed by atoms with Crippen LogP contribution in [0.1, 0.15) is 13.8 Å². The van der Waals surface area contributed by atoms with Crippen LogP contribution in [0.4, 0.5) is 4.79 Å². The molecule has 0 rings (SSSR count). The fraction of sp³-hybridized carbons (Fsp3) is 0.556. The molecule has 1 unspecified atom stereocenters. The van der Waals surface area contributed by atoms with Crippen LogP contribution in [0.2, 0.25) is 0 Å². The first kappa shape index (κ1) is 12.5. The van der Waals surface area contributed by atoms with E-state index in [1.807, 2.05) is 0 Å². The van der Waals surface area contributed by atoms with Crippen LogP contribution in [0.5, 0.6) is 0 Å². The van der Waals surface area contributed by atoms with Gasteiger partial charge in [-0.25, -0.2) is 9.59 Å². The lowest BCUT2D eigenvalue weighted by molar-refractivity contribution is -0.139. The normalized spacial score (nSPS) is 11.4. The molecule has 0 aromatic heterocycles. The van der Waals surface area contributed by atoms with Crippen LogP contribution in [0.3, 0.4) is 0 Å².